The largest absolute Gasteiger partial charge is 0.478 e. The van der Waals surface area contributed by atoms with Gasteiger partial charge in [0.05, 0.1) is 17.8 Å². The summed E-state index contributed by atoms with van der Waals surface area (Å²) in [4.78, 5) is 47.1. The van der Waals surface area contributed by atoms with E-state index in [-0.39, 0.29) is 18.0 Å². The van der Waals surface area contributed by atoms with Crippen LogP contribution in [0.4, 0.5) is 5.69 Å². The van der Waals surface area contributed by atoms with Crippen LogP contribution in [0, 0.1) is 0 Å². The lowest BCUT2D eigenvalue weighted by Crippen LogP contribution is -2.40. The molecule has 0 bridgehead atoms. The van der Waals surface area contributed by atoms with E-state index in [9.17, 15) is 19.2 Å². The molecule has 0 aliphatic rings. The molecule has 1 aromatic heterocycles. The normalized spacial score (nSPS) is 10.5. The summed E-state index contributed by atoms with van der Waals surface area (Å²) in [6.07, 6.45) is 1.03. The number of benzene rings is 2. The zero-order chi connectivity index (χ0) is 20.3. The van der Waals surface area contributed by atoms with Crippen LogP contribution >= 0.6 is 0 Å². The number of aromatic carboxylic acids is 1. The molecule has 9 heteroatoms. The predicted octanol–water partition coefficient (Wildman–Crippen LogP) is 1.10. The molecule has 1 amide bonds. The monoisotopic (exact) mass is 380 g/mol. The Bertz CT molecular complexity index is 1160. The van der Waals surface area contributed by atoms with Crippen molar-refractivity contribution in [2.45, 2.75) is 13.5 Å². The van der Waals surface area contributed by atoms with Crippen molar-refractivity contribution in [3.05, 3.63) is 86.7 Å². The SMILES string of the molecule is CC(=O)Nc1cccc(-n2ncc(=O)n(Cc3ccc(C(=O)O)cc3)c2=O)c1. The first-order valence-corrected chi connectivity index (χ1v) is 8.24. The van der Waals surface area contributed by atoms with E-state index in [0.29, 0.717) is 16.9 Å². The van der Waals surface area contributed by atoms with Gasteiger partial charge in [-0.15, -0.1) is 0 Å². The molecule has 3 aromatic rings. The average molecular weight is 380 g/mol. The van der Waals surface area contributed by atoms with Crippen LogP contribution in [0.15, 0.2) is 64.3 Å². The smallest absolute Gasteiger partial charge is 0.352 e. The second-order valence-electron chi connectivity index (χ2n) is 6.00. The first kappa shape index (κ1) is 18.8. The molecule has 0 aliphatic heterocycles. The molecule has 2 aromatic carbocycles. The summed E-state index contributed by atoms with van der Waals surface area (Å²) in [7, 11) is 0. The highest BCUT2D eigenvalue weighted by molar-refractivity contribution is 5.89. The Labute approximate surface area is 158 Å². The number of carboxylic acids is 1. The number of carboxylic acid groups (broad SMARTS) is 1. The molecule has 1 heterocycles. The Hall–Kier alpha value is -4.01. The molecule has 0 spiro atoms. The summed E-state index contributed by atoms with van der Waals surface area (Å²) in [6.45, 7) is 1.33. The lowest BCUT2D eigenvalue weighted by Gasteiger charge is -2.10. The van der Waals surface area contributed by atoms with Gasteiger partial charge in [0, 0.05) is 12.6 Å². The molecular formula is C19H16N4O5. The highest BCUT2D eigenvalue weighted by Crippen LogP contribution is 2.12. The number of anilines is 1. The van der Waals surface area contributed by atoms with Crippen molar-refractivity contribution in [2.24, 2.45) is 0 Å². The third-order valence-corrected chi connectivity index (χ3v) is 3.91. The Morgan fingerprint density at radius 1 is 1.11 bits per heavy atom. The van der Waals surface area contributed by atoms with Crippen LogP contribution in [-0.2, 0) is 11.3 Å². The molecule has 3 rings (SSSR count). The van der Waals surface area contributed by atoms with Gasteiger partial charge in [-0.3, -0.25) is 14.2 Å². The number of carbonyl (C=O) groups excluding carboxylic acids is 1. The van der Waals surface area contributed by atoms with Crippen LogP contribution in [0.25, 0.3) is 5.69 Å². The minimum Gasteiger partial charge on any atom is -0.478 e. The van der Waals surface area contributed by atoms with Gasteiger partial charge >= 0.3 is 11.7 Å². The topological polar surface area (TPSA) is 123 Å². The minimum absolute atomic E-state index is 0.0362. The summed E-state index contributed by atoms with van der Waals surface area (Å²) in [5.74, 6) is -1.32. The Balaban J connectivity index is 1.99. The second kappa shape index (κ2) is 7.70. The average Bonchev–Trinajstić information content (AvgIpc) is 2.65. The van der Waals surface area contributed by atoms with Gasteiger partial charge in [-0.1, -0.05) is 18.2 Å². The van der Waals surface area contributed by atoms with Crippen molar-refractivity contribution in [3.8, 4) is 5.69 Å². The number of rotatable bonds is 5. The van der Waals surface area contributed by atoms with Gasteiger partial charge in [0.2, 0.25) is 5.91 Å². The molecule has 0 unspecified atom stereocenters. The molecule has 0 saturated heterocycles. The van der Waals surface area contributed by atoms with Crippen molar-refractivity contribution in [3.63, 3.8) is 0 Å². The standard InChI is InChI=1S/C19H16N4O5/c1-12(24)21-15-3-2-4-16(9-15)23-19(28)22(17(25)10-20-23)11-13-5-7-14(8-6-13)18(26)27/h2-10H,11H2,1H3,(H,21,24)(H,26,27). The maximum atomic E-state index is 12.8. The first-order valence-electron chi connectivity index (χ1n) is 8.24. The summed E-state index contributed by atoms with van der Waals surface area (Å²) in [5.41, 5.74) is 0.329. The van der Waals surface area contributed by atoms with E-state index in [0.717, 1.165) is 15.4 Å². The molecule has 2 N–H and O–H groups in total. The molecule has 0 saturated carbocycles. The fraction of sp³-hybridized carbons (Fsp3) is 0.105. The summed E-state index contributed by atoms with van der Waals surface area (Å²) >= 11 is 0. The molecule has 9 nitrogen and oxygen atoms in total. The quantitative estimate of drug-likeness (QED) is 0.683. The number of nitrogens with zero attached hydrogens (tertiary/aromatic N) is 3. The zero-order valence-corrected chi connectivity index (χ0v) is 14.8. The van der Waals surface area contributed by atoms with Crippen LogP contribution < -0.4 is 16.6 Å². The van der Waals surface area contributed by atoms with Crippen LogP contribution in [-0.4, -0.2) is 31.3 Å². The van der Waals surface area contributed by atoms with Crippen LogP contribution in [0.2, 0.25) is 0 Å². The molecule has 142 valence electrons. The number of hydrogen-bond acceptors (Lipinski definition) is 5. The molecule has 0 radical (unpaired) electrons. The van der Waals surface area contributed by atoms with Crippen LogP contribution in [0.5, 0.6) is 0 Å². The van der Waals surface area contributed by atoms with Gasteiger partial charge < -0.3 is 10.4 Å². The maximum Gasteiger partial charge on any atom is 0.352 e. The van der Waals surface area contributed by atoms with E-state index < -0.39 is 17.2 Å². The number of carbonyl (C=O) groups is 2. The first-order chi connectivity index (χ1) is 13.3. The number of aromatic nitrogens is 3. The van der Waals surface area contributed by atoms with E-state index in [1.807, 2.05) is 0 Å². The zero-order valence-electron chi connectivity index (χ0n) is 14.8. The number of amides is 1. The molecule has 0 aliphatic carbocycles. The Morgan fingerprint density at radius 3 is 2.46 bits per heavy atom. The highest BCUT2D eigenvalue weighted by Gasteiger charge is 2.10. The summed E-state index contributed by atoms with van der Waals surface area (Å²) < 4.78 is 2.05. The lowest BCUT2D eigenvalue weighted by molar-refractivity contribution is -0.114. The predicted molar refractivity (Wildman–Crippen MR) is 101 cm³/mol. The molecule has 28 heavy (non-hydrogen) atoms. The molecule has 0 fully saturated rings. The summed E-state index contributed by atoms with van der Waals surface area (Å²) in [5, 5.41) is 15.5. The van der Waals surface area contributed by atoms with Crippen molar-refractivity contribution in [1.29, 1.82) is 0 Å². The van der Waals surface area contributed by atoms with Crippen LogP contribution in [0.3, 0.4) is 0 Å². The van der Waals surface area contributed by atoms with Gasteiger partial charge in [-0.25, -0.2) is 9.59 Å². The summed E-state index contributed by atoms with van der Waals surface area (Å²) in [6, 6.07) is 12.4. The fourth-order valence-corrected chi connectivity index (χ4v) is 2.61. The third kappa shape index (κ3) is 4.04. The van der Waals surface area contributed by atoms with Gasteiger partial charge in [0.25, 0.3) is 5.56 Å². The van der Waals surface area contributed by atoms with Gasteiger partial charge in [-0.05, 0) is 35.9 Å². The van der Waals surface area contributed by atoms with Crippen molar-refractivity contribution < 1.29 is 14.7 Å². The van der Waals surface area contributed by atoms with Crippen molar-refractivity contribution in [1.82, 2.24) is 14.3 Å². The lowest BCUT2D eigenvalue weighted by atomic mass is 10.1. The number of hydrogen-bond donors (Lipinski definition) is 2. The van der Waals surface area contributed by atoms with Gasteiger partial charge in [0.1, 0.15) is 6.20 Å². The highest BCUT2D eigenvalue weighted by atomic mass is 16.4. The third-order valence-electron chi connectivity index (χ3n) is 3.91. The van der Waals surface area contributed by atoms with E-state index in [2.05, 4.69) is 10.4 Å². The van der Waals surface area contributed by atoms with E-state index in [1.165, 1.54) is 31.2 Å². The molecule has 0 atom stereocenters. The van der Waals surface area contributed by atoms with Crippen molar-refractivity contribution in [2.75, 3.05) is 5.32 Å². The number of nitrogens with one attached hydrogen (secondary N) is 1. The maximum absolute atomic E-state index is 12.8. The molecular weight excluding hydrogens is 364 g/mol. The Morgan fingerprint density at radius 2 is 1.82 bits per heavy atom. The van der Waals surface area contributed by atoms with E-state index in [1.54, 1.807) is 24.3 Å². The van der Waals surface area contributed by atoms with Gasteiger partial charge in [0.15, 0.2) is 0 Å². The van der Waals surface area contributed by atoms with Crippen molar-refractivity contribution >= 4 is 17.6 Å². The fourth-order valence-electron chi connectivity index (χ4n) is 2.61. The minimum atomic E-state index is -1.06. The van der Waals surface area contributed by atoms with E-state index in [4.69, 9.17) is 5.11 Å². The van der Waals surface area contributed by atoms with E-state index >= 15 is 0 Å². The Kier molecular flexibility index (Phi) is 5.16. The van der Waals surface area contributed by atoms with Gasteiger partial charge in [-0.2, -0.15) is 9.78 Å². The second-order valence-corrected chi connectivity index (χ2v) is 6.00. The van der Waals surface area contributed by atoms with Crippen LogP contribution in [0.1, 0.15) is 22.8 Å².